The topological polar surface area (TPSA) is 42.2 Å². The first-order valence-corrected chi connectivity index (χ1v) is 7.41. The number of halogens is 2. The van der Waals surface area contributed by atoms with Crippen LogP contribution in [0.5, 0.6) is 0 Å². The number of anilines is 1. The van der Waals surface area contributed by atoms with Gasteiger partial charge in [0.15, 0.2) is 0 Å². The summed E-state index contributed by atoms with van der Waals surface area (Å²) in [6.45, 7) is 3.80. The van der Waals surface area contributed by atoms with Gasteiger partial charge in [-0.1, -0.05) is 0 Å². The van der Waals surface area contributed by atoms with E-state index < -0.39 is 0 Å². The fourth-order valence-electron chi connectivity index (χ4n) is 2.37. The van der Waals surface area contributed by atoms with E-state index in [4.69, 9.17) is 0 Å². The van der Waals surface area contributed by atoms with Gasteiger partial charge in [0.05, 0.1) is 29.0 Å². The van der Waals surface area contributed by atoms with E-state index in [0.29, 0.717) is 5.69 Å². The summed E-state index contributed by atoms with van der Waals surface area (Å²) in [7, 11) is 0. The molecule has 3 rings (SSSR count). The molecule has 24 heavy (non-hydrogen) atoms. The van der Waals surface area contributed by atoms with Crippen molar-refractivity contribution >= 4 is 11.9 Å². The average molecular weight is 326 g/mol. The van der Waals surface area contributed by atoms with E-state index in [2.05, 4.69) is 15.6 Å². The number of aryl methyl sites for hydroxylation is 1. The molecule has 0 saturated carbocycles. The lowest BCUT2D eigenvalue weighted by Gasteiger charge is -2.04. The summed E-state index contributed by atoms with van der Waals surface area (Å²) in [6.07, 6.45) is 1.67. The van der Waals surface area contributed by atoms with Crippen LogP contribution in [-0.2, 0) is 0 Å². The van der Waals surface area contributed by atoms with Crippen LogP contribution in [0.15, 0.2) is 53.6 Å². The quantitative estimate of drug-likeness (QED) is 0.576. The Morgan fingerprint density at radius 1 is 0.958 bits per heavy atom. The van der Waals surface area contributed by atoms with E-state index >= 15 is 0 Å². The normalized spacial score (nSPS) is 11.2. The molecule has 122 valence electrons. The Balaban J connectivity index is 1.82. The third-order valence-electron chi connectivity index (χ3n) is 3.65. The fourth-order valence-corrected chi connectivity index (χ4v) is 2.37. The van der Waals surface area contributed by atoms with Gasteiger partial charge in [0.1, 0.15) is 11.6 Å². The lowest BCUT2D eigenvalue weighted by atomic mass is 10.2. The lowest BCUT2D eigenvalue weighted by molar-refractivity contribution is 0.626. The van der Waals surface area contributed by atoms with Crippen molar-refractivity contribution in [1.82, 2.24) is 9.78 Å². The number of hydrazone groups is 1. The van der Waals surface area contributed by atoms with Crippen LogP contribution in [0.3, 0.4) is 0 Å². The number of hydrogen-bond acceptors (Lipinski definition) is 3. The summed E-state index contributed by atoms with van der Waals surface area (Å²) in [5, 5.41) is 8.65. The number of hydrogen-bond donors (Lipinski definition) is 1. The molecule has 0 unspecified atom stereocenters. The van der Waals surface area contributed by atoms with Crippen molar-refractivity contribution in [1.29, 1.82) is 0 Å². The molecule has 0 bridgehead atoms. The highest BCUT2D eigenvalue weighted by molar-refractivity contribution is 5.83. The molecule has 3 aromatic rings. The maximum Gasteiger partial charge on any atom is 0.123 e. The average Bonchev–Trinajstić information content (AvgIpc) is 2.85. The third kappa shape index (κ3) is 3.32. The van der Waals surface area contributed by atoms with E-state index in [-0.39, 0.29) is 11.6 Å². The Bertz CT molecular complexity index is 865. The number of nitrogens with zero attached hydrogens (tertiary/aromatic N) is 3. The van der Waals surface area contributed by atoms with Gasteiger partial charge in [-0.05, 0) is 62.4 Å². The largest absolute Gasteiger partial charge is 0.278 e. The molecule has 0 fully saturated rings. The van der Waals surface area contributed by atoms with Gasteiger partial charge in [-0.15, -0.1) is 0 Å². The first kappa shape index (κ1) is 15.9. The molecule has 0 amide bonds. The molecular weight excluding hydrogens is 310 g/mol. The molecule has 1 N–H and O–H groups in total. The zero-order valence-corrected chi connectivity index (χ0v) is 13.3. The van der Waals surface area contributed by atoms with Crippen molar-refractivity contribution in [2.24, 2.45) is 5.10 Å². The molecule has 4 nitrogen and oxygen atoms in total. The van der Waals surface area contributed by atoms with Gasteiger partial charge in [-0.25, -0.2) is 13.5 Å². The van der Waals surface area contributed by atoms with E-state index in [1.165, 1.54) is 24.3 Å². The summed E-state index contributed by atoms with van der Waals surface area (Å²) >= 11 is 0. The summed E-state index contributed by atoms with van der Waals surface area (Å²) in [6, 6.07) is 12.1. The summed E-state index contributed by atoms with van der Waals surface area (Å²) in [4.78, 5) is 0. The van der Waals surface area contributed by atoms with Gasteiger partial charge in [0.2, 0.25) is 0 Å². The Kier molecular flexibility index (Phi) is 4.37. The minimum absolute atomic E-state index is 0.287. The van der Waals surface area contributed by atoms with Gasteiger partial charge in [0.25, 0.3) is 0 Å². The second-order valence-corrected chi connectivity index (χ2v) is 5.35. The van der Waals surface area contributed by atoms with Crippen LogP contribution in [-0.4, -0.2) is 16.0 Å². The zero-order chi connectivity index (χ0) is 17.1. The molecule has 0 atom stereocenters. The standard InChI is InChI=1S/C18H16F2N4/c1-12-18(11-21-22-16-7-3-14(19)4-8-16)13(2)24(23-12)17-9-5-15(20)6-10-17/h3-11,22H,1-2H3/b21-11-. The van der Waals surface area contributed by atoms with Crippen LogP contribution in [0.2, 0.25) is 0 Å². The lowest BCUT2D eigenvalue weighted by Crippen LogP contribution is -1.99. The van der Waals surface area contributed by atoms with Crippen LogP contribution in [0.25, 0.3) is 5.69 Å². The fraction of sp³-hybridized carbons (Fsp3) is 0.111. The zero-order valence-electron chi connectivity index (χ0n) is 13.3. The second-order valence-electron chi connectivity index (χ2n) is 5.35. The van der Waals surface area contributed by atoms with Crippen molar-refractivity contribution in [3.8, 4) is 5.69 Å². The number of benzene rings is 2. The Morgan fingerprint density at radius 2 is 1.54 bits per heavy atom. The summed E-state index contributed by atoms with van der Waals surface area (Å²) in [5.74, 6) is -0.581. The van der Waals surface area contributed by atoms with Gasteiger partial charge in [0, 0.05) is 5.56 Å². The van der Waals surface area contributed by atoms with Crippen molar-refractivity contribution in [3.63, 3.8) is 0 Å². The number of nitrogens with one attached hydrogen (secondary N) is 1. The van der Waals surface area contributed by atoms with Crippen molar-refractivity contribution < 1.29 is 8.78 Å². The highest BCUT2D eigenvalue weighted by atomic mass is 19.1. The predicted octanol–water partition coefficient (Wildman–Crippen LogP) is 4.21. The molecule has 0 aliphatic carbocycles. The maximum atomic E-state index is 13.1. The first-order chi connectivity index (χ1) is 11.5. The van der Waals surface area contributed by atoms with E-state index in [1.807, 2.05) is 13.8 Å². The molecule has 0 aliphatic heterocycles. The molecule has 1 aromatic heterocycles. The molecule has 0 spiro atoms. The van der Waals surface area contributed by atoms with Crippen LogP contribution in [0.4, 0.5) is 14.5 Å². The van der Waals surface area contributed by atoms with Gasteiger partial charge >= 0.3 is 0 Å². The molecule has 6 heteroatoms. The highest BCUT2D eigenvalue weighted by Crippen LogP contribution is 2.17. The Hall–Kier alpha value is -3.02. The molecule has 0 radical (unpaired) electrons. The number of aromatic nitrogens is 2. The second kappa shape index (κ2) is 6.62. The SMILES string of the molecule is Cc1nn(-c2ccc(F)cc2)c(C)c1/C=N\Nc1ccc(F)cc1. The van der Waals surface area contributed by atoms with Crippen molar-refractivity contribution in [2.75, 3.05) is 5.43 Å². The smallest absolute Gasteiger partial charge is 0.123 e. The maximum absolute atomic E-state index is 13.1. The Labute approximate surface area is 138 Å². The monoisotopic (exact) mass is 326 g/mol. The molecule has 0 saturated heterocycles. The third-order valence-corrected chi connectivity index (χ3v) is 3.65. The van der Waals surface area contributed by atoms with Gasteiger partial charge < -0.3 is 0 Å². The summed E-state index contributed by atoms with van der Waals surface area (Å²) in [5.41, 5.74) is 6.89. The predicted molar refractivity (Wildman–Crippen MR) is 90.6 cm³/mol. The van der Waals surface area contributed by atoms with Crippen LogP contribution in [0.1, 0.15) is 17.0 Å². The van der Waals surface area contributed by atoms with E-state index in [0.717, 1.165) is 22.6 Å². The molecular formula is C18H16F2N4. The summed E-state index contributed by atoms with van der Waals surface area (Å²) < 4.78 is 27.7. The molecule has 0 aliphatic rings. The first-order valence-electron chi connectivity index (χ1n) is 7.41. The Morgan fingerprint density at radius 3 is 2.17 bits per heavy atom. The van der Waals surface area contributed by atoms with Gasteiger partial charge in [-0.3, -0.25) is 5.43 Å². The highest BCUT2D eigenvalue weighted by Gasteiger charge is 2.11. The minimum atomic E-state index is -0.295. The van der Waals surface area contributed by atoms with Crippen LogP contribution in [0, 0.1) is 25.5 Å². The molecule has 1 heterocycles. The van der Waals surface area contributed by atoms with Crippen LogP contribution >= 0.6 is 0 Å². The van der Waals surface area contributed by atoms with Crippen molar-refractivity contribution in [3.05, 3.63) is 77.1 Å². The number of rotatable bonds is 4. The van der Waals surface area contributed by atoms with Crippen LogP contribution < -0.4 is 5.43 Å². The molecule has 2 aromatic carbocycles. The minimum Gasteiger partial charge on any atom is -0.278 e. The van der Waals surface area contributed by atoms with Crippen molar-refractivity contribution in [2.45, 2.75) is 13.8 Å². The van der Waals surface area contributed by atoms with E-state index in [9.17, 15) is 8.78 Å². The van der Waals surface area contributed by atoms with Gasteiger partial charge in [-0.2, -0.15) is 10.2 Å². The van der Waals surface area contributed by atoms with E-state index in [1.54, 1.807) is 35.2 Å².